The summed E-state index contributed by atoms with van der Waals surface area (Å²) in [5.41, 5.74) is 8.30. The molecule has 1 fully saturated rings. The van der Waals surface area contributed by atoms with Gasteiger partial charge >= 0.3 is 0 Å². The maximum atomic E-state index is 12.6. The van der Waals surface area contributed by atoms with Crippen LogP contribution in [0.5, 0.6) is 0 Å². The van der Waals surface area contributed by atoms with E-state index in [0.29, 0.717) is 0 Å². The molecule has 0 spiro atoms. The molecule has 2 atom stereocenters. The number of halogens is 2. The Bertz CT molecular complexity index is 683. The fourth-order valence-corrected chi connectivity index (χ4v) is 3.23. The first-order valence-corrected chi connectivity index (χ1v) is 9.17. The summed E-state index contributed by atoms with van der Waals surface area (Å²) >= 11 is 0. The molecule has 0 aromatic heterocycles. The van der Waals surface area contributed by atoms with E-state index >= 15 is 0 Å². The summed E-state index contributed by atoms with van der Waals surface area (Å²) in [6.45, 7) is 4.05. The van der Waals surface area contributed by atoms with Gasteiger partial charge in [-0.15, -0.1) is 24.8 Å². The van der Waals surface area contributed by atoms with Crippen LogP contribution >= 0.6 is 24.8 Å². The highest BCUT2D eigenvalue weighted by Gasteiger charge is 2.21. The number of benzene rings is 2. The summed E-state index contributed by atoms with van der Waals surface area (Å²) in [5.74, 6) is -0.0246. The monoisotopic (exact) mass is 425 g/mol. The smallest absolute Gasteiger partial charge is 0.222 e. The number of amides is 1. The van der Waals surface area contributed by atoms with E-state index in [1.54, 1.807) is 0 Å². The largest absolute Gasteiger partial charge is 0.379 e. The highest BCUT2D eigenvalue weighted by Crippen LogP contribution is 2.18. The van der Waals surface area contributed by atoms with Crippen LogP contribution in [0, 0.1) is 0 Å². The van der Waals surface area contributed by atoms with Gasteiger partial charge in [-0.1, -0.05) is 60.7 Å². The van der Waals surface area contributed by atoms with Crippen LogP contribution in [0.4, 0.5) is 0 Å². The first-order valence-electron chi connectivity index (χ1n) is 9.17. The standard InChI is InChI=1S/C21H27N3O2.2ClH/c22-19(17-7-3-1-4-8-17)15-21(25)23-20(18-9-5-2-6-10-18)16-24-11-13-26-14-12-24;;/h1-10,19-20H,11-16,22H2,(H,23,25);2*1H. The minimum absolute atomic E-state index is 0. The number of hydrogen-bond donors (Lipinski definition) is 2. The molecule has 0 saturated carbocycles. The average Bonchev–Trinajstić information content (AvgIpc) is 2.69. The van der Waals surface area contributed by atoms with Crippen LogP contribution < -0.4 is 11.1 Å². The first kappa shape index (κ1) is 24.4. The zero-order chi connectivity index (χ0) is 18.2. The Hall–Kier alpha value is -1.63. The molecule has 154 valence electrons. The molecule has 0 bridgehead atoms. The highest BCUT2D eigenvalue weighted by atomic mass is 35.5. The Morgan fingerprint density at radius 2 is 1.50 bits per heavy atom. The number of morpholine rings is 1. The number of nitrogens with zero attached hydrogens (tertiary/aromatic N) is 1. The van der Waals surface area contributed by atoms with Gasteiger partial charge in [0.15, 0.2) is 0 Å². The third kappa shape index (κ3) is 7.41. The van der Waals surface area contributed by atoms with Crippen molar-refractivity contribution < 1.29 is 9.53 Å². The molecule has 1 heterocycles. The molecule has 28 heavy (non-hydrogen) atoms. The van der Waals surface area contributed by atoms with Gasteiger partial charge in [-0.05, 0) is 11.1 Å². The van der Waals surface area contributed by atoms with Crippen molar-refractivity contribution in [3.63, 3.8) is 0 Å². The van der Waals surface area contributed by atoms with E-state index in [4.69, 9.17) is 10.5 Å². The van der Waals surface area contributed by atoms with E-state index in [1.807, 2.05) is 48.5 Å². The van der Waals surface area contributed by atoms with Gasteiger partial charge in [-0.25, -0.2) is 0 Å². The number of nitrogens with one attached hydrogen (secondary N) is 1. The molecule has 2 aromatic carbocycles. The number of ether oxygens (including phenoxy) is 1. The number of nitrogens with two attached hydrogens (primary N) is 1. The van der Waals surface area contributed by atoms with Crippen LogP contribution in [0.3, 0.4) is 0 Å². The minimum Gasteiger partial charge on any atom is -0.379 e. The number of hydrogen-bond acceptors (Lipinski definition) is 4. The SMILES string of the molecule is Cl.Cl.NC(CC(=O)NC(CN1CCOCC1)c1ccccc1)c1ccccc1. The molecule has 0 radical (unpaired) electrons. The third-order valence-corrected chi connectivity index (χ3v) is 4.71. The topological polar surface area (TPSA) is 67.6 Å². The first-order chi connectivity index (χ1) is 12.7. The highest BCUT2D eigenvalue weighted by molar-refractivity contribution is 5.85. The minimum atomic E-state index is -0.295. The molecule has 3 N–H and O–H groups in total. The third-order valence-electron chi connectivity index (χ3n) is 4.71. The van der Waals surface area contributed by atoms with Gasteiger partial charge in [-0.3, -0.25) is 9.69 Å². The van der Waals surface area contributed by atoms with Crippen LogP contribution in [0.15, 0.2) is 60.7 Å². The van der Waals surface area contributed by atoms with E-state index < -0.39 is 0 Å². The summed E-state index contributed by atoms with van der Waals surface area (Å²) < 4.78 is 5.42. The van der Waals surface area contributed by atoms with Crippen LogP contribution in [0.2, 0.25) is 0 Å². The van der Waals surface area contributed by atoms with Crippen molar-refractivity contribution in [2.75, 3.05) is 32.8 Å². The van der Waals surface area contributed by atoms with Crippen molar-refractivity contribution in [1.82, 2.24) is 10.2 Å². The summed E-state index contributed by atoms with van der Waals surface area (Å²) in [5, 5.41) is 3.18. The zero-order valence-corrected chi connectivity index (χ0v) is 17.5. The number of rotatable bonds is 7. The van der Waals surface area contributed by atoms with Crippen molar-refractivity contribution in [3.05, 3.63) is 71.8 Å². The molecule has 3 rings (SSSR count). The molecular formula is C21H29Cl2N3O2. The van der Waals surface area contributed by atoms with E-state index in [-0.39, 0.29) is 49.2 Å². The predicted octanol–water partition coefficient (Wildman–Crippen LogP) is 3.11. The van der Waals surface area contributed by atoms with Gasteiger partial charge in [0, 0.05) is 32.1 Å². The Morgan fingerprint density at radius 3 is 2.07 bits per heavy atom. The number of carbonyl (C=O) groups excluding carboxylic acids is 1. The van der Waals surface area contributed by atoms with Gasteiger partial charge in [0.2, 0.25) is 5.91 Å². The zero-order valence-electron chi connectivity index (χ0n) is 15.8. The fourth-order valence-electron chi connectivity index (χ4n) is 3.23. The second-order valence-electron chi connectivity index (χ2n) is 6.67. The lowest BCUT2D eigenvalue weighted by atomic mass is 10.0. The van der Waals surface area contributed by atoms with E-state index in [9.17, 15) is 4.79 Å². The van der Waals surface area contributed by atoms with Crippen LogP contribution in [0.1, 0.15) is 29.6 Å². The molecule has 1 amide bonds. The summed E-state index contributed by atoms with van der Waals surface area (Å²) in [4.78, 5) is 14.9. The lowest BCUT2D eigenvalue weighted by Gasteiger charge is -2.31. The predicted molar refractivity (Wildman–Crippen MR) is 117 cm³/mol. The lowest BCUT2D eigenvalue weighted by Crippen LogP contribution is -2.43. The summed E-state index contributed by atoms with van der Waals surface area (Å²) in [6.07, 6.45) is 0.274. The van der Waals surface area contributed by atoms with Gasteiger partial charge in [-0.2, -0.15) is 0 Å². The molecule has 2 aromatic rings. The Morgan fingerprint density at radius 1 is 0.964 bits per heavy atom. The second-order valence-corrected chi connectivity index (χ2v) is 6.67. The fraction of sp³-hybridized carbons (Fsp3) is 0.381. The molecule has 1 aliphatic heterocycles. The number of carbonyl (C=O) groups is 1. The maximum Gasteiger partial charge on any atom is 0.222 e. The van der Waals surface area contributed by atoms with Crippen molar-refractivity contribution in [2.45, 2.75) is 18.5 Å². The van der Waals surface area contributed by atoms with E-state index in [2.05, 4.69) is 22.3 Å². The van der Waals surface area contributed by atoms with Gasteiger partial charge in [0.05, 0.1) is 19.3 Å². The van der Waals surface area contributed by atoms with Crippen LogP contribution in [-0.4, -0.2) is 43.7 Å². The molecule has 5 nitrogen and oxygen atoms in total. The molecule has 0 aliphatic carbocycles. The van der Waals surface area contributed by atoms with Crippen molar-refractivity contribution in [3.8, 4) is 0 Å². The molecule has 1 saturated heterocycles. The van der Waals surface area contributed by atoms with Gasteiger partial charge < -0.3 is 15.8 Å². The summed E-state index contributed by atoms with van der Waals surface area (Å²) in [6, 6.07) is 19.5. The Kier molecular flexibility index (Phi) is 11.1. The Balaban J connectivity index is 0.00000196. The van der Waals surface area contributed by atoms with Crippen LogP contribution in [0.25, 0.3) is 0 Å². The lowest BCUT2D eigenvalue weighted by molar-refractivity contribution is -0.122. The second kappa shape index (κ2) is 12.8. The van der Waals surface area contributed by atoms with Gasteiger partial charge in [0.25, 0.3) is 0 Å². The molecule has 2 unspecified atom stereocenters. The van der Waals surface area contributed by atoms with Gasteiger partial charge in [0.1, 0.15) is 0 Å². The van der Waals surface area contributed by atoms with Crippen molar-refractivity contribution in [2.24, 2.45) is 5.73 Å². The molecular weight excluding hydrogens is 397 g/mol. The molecule has 1 aliphatic rings. The van der Waals surface area contributed by atoms with Crippen molar-refractivity contribution >= 4 is 30.7 Å². The van der Waals surface area contributed by atoms with Crippen LogP contribution in [-0.2, 0) is 9.53 Å². The average molecular weight is 426 g/mol. The maximum absolute atomic E-state index is 12.6. The molecule has 7 heteroatoms. The normalized spacial score (nSPS) is 16.2. The summed E-state index contributed by atoms with van der Waals surface area (Å²) in [7, 11) is 0. The van der Waals surface area contributed by atoms with E-state index in [1.165, 1.54) is 0 Å². The quantitative estimate of drug-likeness (QED) is 0.714. The van der Waals surface area contributed by atoms with E-state index in [0.717, 1.165) is 44.0 Å². The Labute approximate surface area is 179 Å². The van der Waals surface area contributed by atoms with Crippen molar-refractivity contribution in [1.29, 1.82) is 0 Å².